The maximum atomic E-state index is 11.5. The van der Waals surface area contributed by atoms with E-state index in [9.17, 15) is 8.42 Å². The third-order valence-corrected chi connectivity index (χ3v) is 4.41. The van der Waals surface area contributed by atoms with E-state index in [4.69, 9.17) is 0 Å². The van der Waals surface area contributed by atoms with E-state index >= 15 is 0 Å². The summed E-state index contributed by atoms with van der Waals surface area (Å²) in [5, 5.41) is 3.24. The van der Waals surface area contributed by atoms with Gasteiger partial charge in [0.15, 0.2) is 9.84 Å². The van der Waals surface area contributed by atoms with Gasteiger partial charge < -0.3 is 5.32 Å². The zero-order valence-electron chi connectivity index (χ0n) is 8.25. The van der Waals surface area contributed by atoms with E-state index in [1.54, 1.807) is 0 Å². The summed E-state index contributed by atoms with van der Waals surface area (Å²) in [4.78, 5) is 0. The number of rotatable bonds is 4. The molecule has 1 rings (SSSR count). The predicted octanol–water partition coefficient (Wildman–Crippen LogP) is 0.811. The highest BCUT2D eigenvalue weighted by atomic mass is 32.2. The smallest absolute Gasteiger partial charge is 0.150 e. The fourth-order valence-corrected chi connectivity index (χ4v) is 3.61. The van der Waals surface area contributed by atoms with Gasteiger partial charge in [-0.3, -0.25) is 0 Å². The molecular weight excluding hydrogens is 186 g/mol. The summed E-state index contributed by atoms with van der Waals surface area (Å²) in [6.45, 7) is 3.84. The molecule has 3 nitrogen and oxygen atoms in total. The normalized spacial score (nSPS) is 24.5. The lowest BCUT2D eigenvalue weighted by Gasteiger charge is -2.22. The quantitative estimate of drug-likeness (QED) is 0.739. The first-order valence-corrected chi connectivity index (χ1v) is 6.87. The summed E-state index contributed by atoms with van der Waals surface area (Å²) in [5.41, 5.74) is 0. The topological polar surface area (TPSA) is 46.2 Å². The third kappa shape index (κ3) is 4.09. The number of hydrogen-bond acceptors (Lipinski definition) is 3. The molecule has 1 saturated heterocycles. The molecule has 1 aliphatic rings. The molecule has 1 N–H and O–H groups in total. The summed E-state index contributed by atoms with van der Waals surface area (Å²) in [5.74, 6) is 1.09. The van der Waals surface area contributed by atoms with Gasteiger partial charge in [0, 0.05) is 5.75 Å². The zero-order chi connectivity index (χ0) is 9.73. The van der Waals surface area contributed by atoms with Gasteiger partial charge in [0.2, 0.25) is 0 Å². The summed E-state index contributed by atoms with van der Waals surface area (Å²) < 4.78 is 22.9. The van der Waals surface area contributed by atoms with Crippen LogP contribution in [0.15, 0.2) is 0 Å². The van der Waals surface area contributed by atoms with E-state index in [1.807, 2.05) is 6.92 Å². The number of piperidine rings is 1. The largest absolute Gasteiger partial charge is 0.316 e. The van der Waals surface area contributed by atoms with Gasteiger partial charge >= 0.3 is 0 Å². The van der Waals surface area contributed by atoms with E-state index in [0.717, 1.165) is 32.4 Å². The first-order valence-electron chi connectivity index (χ1n) is 5.05. The molecule has 0 aromatic carbocycles. The van der Waals surface area contributed by atoms with Crippen molar-refractivity contribution in [1.82, 2.24) is 5.32 Å². The van der Waals surface area contributed by atoms with Gasteiger partial charge in [-0.15, -0.1) is 0 Å². The van der Waals surface area contributed by atoms with Crippen LogP contribution in [0.25, 0.3) is 0 Å². The maximum Gasteiger partial charge on any atom is 0.150 e. The van der Waals surface area contributed by atoms with Crippen LogP contribution in [0.3, 0.4) is 0 Å². The Morgan fingerprint density at radius 2 is 2.23 bits per heavy atom. The minimum atomic E-state index is -2.77. The standard InChI is InChI=1S/C9H19NO2S/c1-2-6-13(11,12)8-9-4-3-5-10-7-9/h9-10H,2-8H2,1H3/t9-/m0/s1. The second-order valence-electron chi connectivity index (χ2n) is 3.83. The van der Waals surface area contributed by atoms with E-state index in [1.165, 1.54) is 0 Å². The predicted molar refractivity (Wildman–Crippen MR) is 54.5 cm³/mol. The molecule has 1 atom stereocenters. The Morgan fingerprint density at radius 1 is 1.46 bits per heavy atom. The van der Waals surface area contributed by atoms with Crippen LogP contribution >= 0.6 is 0 Å². The molecule has 78 valence electrons. The molecular formula is C9H19NO2S. The van der Waals surface area contributed by atoms with Crippen LogP contribution in [0.1, 0.15) is 26.2 Å². The second-order valence-corrected chi connectivity index (χ2v) is 6.06. The Labute approximate surface area is 80.8 Å². The molecule has 0 saturated carbocycles. The Bertz CT molecular complexity index is 230. The van der Waals surface area contributed by atoms with Crippen molar-refractivity contribution in [2.75, 3.05) is 24.6 Å². The highest BCUT2D eigenvalue weighted by Crippen LogP contribution is 2.13. The van der Waals surface area contributed by atoms with Gasteiger partial charge in [-0.2, -0.15) is 0 Å². The molecule has 0 aromatic rings. The Kier molecular flexibility index (Phi) is 4.19. The van der Waals surface area contributed by atoms with Gasteiger partial charge in [0.25, 0.3) is 0 Å². The maximum absolute atomic E-state index is 11.5. The zero-order valence-corrected chi connectivity index (χ0v) is 9.07. The highest BCUT2D eigenvalue weighted by Gasteiger charge is 2.20. The minimum absolute atomic E-state index is 0.351. The SMILES string of the molecule is CCCS(=O)(=O)C[C@H]1CCCNC1. The van der Waals surface area contributed by atoms with Crippen molar-refractivity contribution in [3.05, 3.63) is 0 Å². The molecule has 0 unspecified atom stereocenters. The number of sulfone groups is 1. The summed E-state index contributed by atoms with van der Waals surface area (Å²) in [6, 6.07) is 0. The first-order chi connectivity index (χ1) is 6.14. The van der Waals surface area contributed by atoms with E-state index in [-0.39, 0.29) is 0 Å². The lowest BCUT2D eigenvalue weighted by Crippen LogP contribution is -2.34. The Hall–Kier alpha value is -0.0900. The Balaban J connectivity index is 2.37. The Morgan fingerprint density at radius 3 is 2.77 bits per heavy atom. The first kappa shape index (κ1) is 11.0. The van der Waals surface area contributed by atoms with Crippen molar-refractivity contribution in [3.8, 4) is 0 Å². The van der Waals surface area contributed by atoms with E-state index in [0.29, 0.717) is 17.4 Å². The van der Waals surface area contributed by atoms with Crippen LogP contribution in [0.2, 0.25) is 0 Å². The van der Waals surface area contributed by atoms with E-state index < -0.39 is 9.84 Å². The van der Waals surface area contributed by atoms with Crippen molar-refractivity contribution in [2.24, 2.45) is 5.92 Å². The fourth-order valence-electron chi connectivity index (χ4n) is 1.82. The molecule has 0 aromatic heterocycles. The average Bonchev–Trinajstić information content (AvgIpc) is 2.04. The van der Waals surface area contributed by atoms with Crippen LogP contribution < -0.4 is 5.32 Å². The van der Waals surface area contributed by atoms with Crippen LogP contribution in [-0.4, -0.2) is 33.0 Å². The summed E-state index contributed by atoms with van der Waals surface area (Å²) >= 11 is 0. The van der Waals surface area contributed by atoms with Crippen molar-refractivity contribution in [3.63, 3.8) is 0 Å². The third-order valence-electron chi connectivity index (χ3n) is 2.40. The lowest BCUT2D eigenvalue weighted by atomic mass is 10.0. The molecule has 4 heteroatoms. The van der Waals surface area contributed by atoms with Crippen molar-refractivity contribution < 1.29 is 8.42 Å². The van der Waals surface area contributed by atoms with Gasteiger partial charge in [-0.1, -0.05) is 6.92 Å². The van der Waals surface area contributed by atoms with Crippen LogP contribution in [-0.2, 0) is 9.84 Å². The average molecular weight is 205 g/mol. The monoisotopic (exact) mass is 205 g/mol. The fraction of sp³-hybridized carbons (Fsp3) is 1.00. The molecule has 0 aliphatic carbocycles. The van der Waals surface area contributed by atoms with Crippen molar-refractivity contribution in [2.45, 2.75) is 26.2 Å². The second kappa shape index (κ2) is 4.96. The van der Waals surface area contributed by atoms with Gasteiger partial charge in [0.1, 0.15) is 0 Å². The molecule has 0 bridgehead atoms. The number of hydrogen-bond donors (Lipinski definition) is 1. The molecule has 0 amide bonds. The van der Waals surface area contributed by atoms with Crippen molar-refractivity contribution >= 4 is 9.84 Å². The summed E-state index contributed by atoms with van der Waals surface area (Å²) in [6.07, 6.45) is 2.92. The van der Waals surface area contributed by atoms with Crippen LogP contribution in [0.5, 0.6) is 0 Å². The molecule has 1 heterocycles. The van der Waals surface area contributed by atoms with E-state index in [2.05, 4.69) is 5.32 Å². The molecule has 1 fully saturated rings. The minimum Gasteiger partial charge on any atom is -0.316 e. The van der Waals surface area contributed by atoms with Crippen LogP contribution in [0, 0.1) is 5.92 Å². The van der Waals surface area contributed by atoms with Gasteiger partial charge in [0.05, 0.1) is 5.75 Å². The number of nitrogens with one attached hydrogen (secondary N) is 1. The van der Waals surface area contributed by atoms with Crippen LogP contribution in [0.4, 0.5) is 0 Å². The highest BCUT2D eigenvalue weighted by molar-refractivity contribution is 7.91. The molecule has 13 heavy (non-hydrogen) atoms. The molecule has 0 spiro atoms. The summed E-state index contributed by atoms with van der Waals surface area (Å²) in [7, 11) is -2.77. The van der Waals surface area contributed by atoms with Gasteiger partial charge in [-0.25, -0.2) is 8.42 Å². The lowest BCUT2D eigenvalue weighted by molar-refractivity contribution is 0.404. The van der Waals surface area contributed by atoms with Crippen molar-refractivity contribution in [1.29, 1.82) is 0 Å². The molecule has 0 radical (unpaired) electrons. The van der Waals surface area contributed by atoms with Gasteiger partial charge in [-0.05, 0) is 38.3 Å². The molecule has 1 aliphatic heterocycles.